The third kappa shape index (κ3) is 4.18. The number of nitriles is 1. The van der Waals surface area contributed by atoms with Gasteiger partial charge in [-0.1, -0.05) is 0 Å². The van der Waals surface area contributed by atoms with E-state index in [-0.39, 0.29) is 0 Å². The van der Waals surface area contributed by atoms with Crippen molar-refractivity contribution in [3.8, 4) is 11.9 Å². The Bertz CT molecular complexity index is 850. The van der Waals surface area contributed by atoms with Crippen molar-refractivity contribution in [3.05, 3.63) is 17.1 Å². The molecular formula is C19H25N7OS. The molecule has 4 rings (SSSR count). The summed E-state index contributed by atoms with van der Waals surface area (Å²) in [5.74, 6) is 1.76. The SMILES string of the molecule is COc1cc(NC2C[C@H]3CC[C@@H](C2)N3CCC#N)nc(Nc2ncc(C)s2)n1. The lowest BCUT2D eigenvalue weighted by atomic mass is 9.97. The number of rotatable bonds is 7. The molecule has 8 nitrogen and oxygen atoms in total. The summed E-state index contributed by atoms with van der Waals surface area (Å²) < 4.78 is 5.36. The first-order chi connectivity index (χ1) is 13.6. The number of fused-ring (bicyclic) bond motifs is 2. The lowest BCUT2D eigenvalue weighted by molar-refractivity contribution is 0.135. The van der Waals surface area contributed by atoms with Gasteiger partial charge in [0.25, 0.3) is 0 Å². The van der Waals surface area contributed by atoms with Crippen LogP contribution in [0.15, 0.2) is 12.3 Å². The molecule has 148 valence electrons. The molecule has 2 fully saturated rings. The Morgan fingerprint density at radius 2 is 2.11 bits per heavy atom. The van der Waals surface area contributed by atoms with Gasteiger partial charge >= 0.3 is 0 Å². The molecule has 0 spiro atoms. The van der Waals surface area contributed by atoms with E-state index in [0.29, 0.717) is 36.4 Å². The van der Waals surface area contributed by atoms with Gasteiger partial charge in [-0.15, -0.1) is 11.3 Å². The molecule has 0 aliphatic carbocycles. The number of thiazole rings is 1. The number of anilines is 3. The summed E-state index contributed by atoms with van der Waals surface area (Å²) >= 11 is 1.56. The van der Waals surface area contributed by atoms with Gasteiger partial charge in [-0.2, -0.15) is 15.2 Å². The van der Waals surface area contributed by atoms with E-state index >= 15 is 0 Å². The van der Waals surface area contributed by atoms with Gasteiger partial charge in [0.15, 0.2) is 5.13 Å². The van der Waals surface area contributed by atoms with Crippen LogP contribution in [0.3, 0.4) is 0 Å². The summed E-state index contributed by atoms with van der Waals surface area (Å²) in [4.78, 5) is 17.0. The molecule has 2 aromatic heterocycles. The normalized spacial score (nSPS) is 24.0. The van der Waals surface area contributed by atoms with Gasteiger partial charge in [0, 0.05) is 48.2 Å². The van der Waals surface area contributed by atoms with Crippen LogP contribution < -0.4 is 15.4 Å². The Morgan fingerprint density at radius 1 is 1.32 bits per heavy atom. The van der Waals surface area contributed by atoms with Crippen LogP contribution in [-0.2, 0) is 0 Å². The van der Waals surface area contributed by atoms with Crippen LogP contribution in [0.4, 0.5) is 16.9 Å². The quantitative estimate of drug-likeness (QED) is 0.732. The lowest BCUT2D eigenvalue weighted by Gasteiger charge is -2.39. The average molecular weight is 400 g/mol. The van der Waals surface area contributed by atoms with Crippen LogP contribution in [0.1, 0.15) is 37.0 Å². The molecule has 9 heteroatoms. The predicted octanol–water partition coefficient (Wildman–Crippen LogP) is 3.31. The third-order valence-electron chi connectivity index (χ3n) is 5.47. The fraction of sp³-hybridized carbons (Fsp3) is 0.579. The summed E-state index contributed by atoms with van der Waals surface area (Å²) in [5, 5.41) is 16.4. The van der Waals surface area contributed by atoms with Crippen LogP contribution >= 0.6 is 11.3 Å². The van der Waals surface area contributed by atoms with Gasteiger partial charge in [0.05, 0.1) is 13.2 Å². The van der Waals surface area contributed by atoms with Gasteiger partial charge in [0.1, 0.15) is 5.82 Å². The number of aromatic nitrogens is 3. The maximum atomic E-state index is 8.89. The summed E-state index contributed by atoms with van der Waals surface area (Å²) in [5.41, 5.74) is 0. The maximum absolute atomic E-state index is 8.89. The fourth-order valence-electron chi connectivity index (χ4n) is 4.31. The number of hydrogen-bond donors (Lipinski definition) is 2. The minimum atomic E-state index is 0.366. The average Bonchev–Trinajstić information content (AvgIpc) is 3.19. The van der Waals surface area contributed by atoms with E-state index in [1.165, 1.54) is 12.8 Å². The monoisotopic (exact) mass is 399 g/mol. The number of piperidine rings is 1. The van der Waals surface area contributed by atoms with Crippen LogP contribution in [0.2, 0.25) is 0 Å². The minimum Gasteiger partial charge on any atom is -0.481 e. The second-order valence-electron chi connectivity index (χ2n) is 7.36. The molecule has 4 heterocycles. The number of nitrogens with zero attached hydrogens (tertiary/aromatic N) is 5. The number of methoxy groups -OCH3 is 1. The number of aryl methyl sites for hydroxylation is 1. The summed E-state index contributed by atoms with van der Waals surface area (Å²) in [6, 6.07) is 5.60. The standard InChI is InChI=1S/C19H25N7OS/c1-12-11-21-19(28-12)25-18-23-16(10-17(24-18)27-2)22-13-8-14-4-5-15(9-13)26(14)7-3-6-20/h10-11,13-15H,3-5,7-9H2,1-2H3,(H2,21,22,23,24,25)/t13?,14-,15+. The first-order valence-corrected chi connectivity index (χ1v) is 10.5. The first kappa shape index (κ1) is 18.9. The highest BCUT2D eigenvalue weighted by molar-refractivity contribution is 7.15. The summed E-state index contributed by atoms with van der Waals surface area (Å²) in [6.07, 6.45) is 7.02. The van der Waals surface area contributed by atoms with Gasteiger partial charge in [-0.25, -0.2) is 4.98 Å². The Balaban J connectivity index is 1.45. The van der Waals surface area contributed by atoms with Crippen molar-refractivity contribution in [3.63, 3.8) is 0 Å². The summed E-state index contributed by atoms with van der Waals surface area (Å²) in [6.45, 7) is 2.90. The van der Waals surface area contributed by atoms with E-state index in [1.54, 1.807) is 18.4 Å². The molecule has 0 radical (unpaired) electrons. The largest absolute Gasteiger partial charge is 0.481 e. The molecule has 2 N–H and O–H groups in total. The first-order valence-electron chi connectivity index (χ1n) is 9.66. The highest BCUT2D eigenvalue weighted by Crippen LogP contribution is 2.37. The zero-order valence-electron chi connectivity index (χ0n) is 16.2. The van der Waals surface area contributed by atoms with E-state index in [2.05, 4.69) is 36.6 Å². The molecule has 2 aromatic rings. The van der Waals surface area contributed by atoms with E-state index in [4.69, 9.17) is 10.00 Å². The van der Waals surface area contributed by atoms with Crippen molar-refractivity contribution in [2.75, 3.05) is 24.3 Å². The molecule has 2 aliphatic rings. The molecular weight excluding hydrogens is 374 g/mol. The number of ether oxygens (including phenoxy) is 1. The highest BCUT2D eigenvalue weighted by Gasteiger charge is 2.40. The Kier molecular flexibility index (Phi) is 5.59. The van der Waals surface area contributed by atoms with Gasteiger partial charge < -0.3 is 10.1 Å². The van der Waals surface area contributed by atoms with E-state index in [0.717, 1.165) is 35.2 Å². The van der Waals surface area contributed by atoms with Crippen LogP contribution in [0, 0.1) is 18.3 Å². The van der Waals surface area contributed by atoms with Crippen molar-refractivity contribution in [2.24, 2.45) is 0 Å². The third-order valence-corrected chi connectivity index (χ3v) is 6.30. The van der Waals surface area contributed by atoms with Gasteiger partial charge in [0.2, 0.25) is 11.8 Å². The molecule has 2 aliphatic heterocycles. The van der Waals surface area contributed by atoms with Crippen molar-refractivity contribution >= 4 is 28.2 Å². The number of nitrogens with one attached hydrogen (secondary N) is 2. The fourth-order valence-corrected chi connectivity index (χ4v) is 4.97. The molecule has 3 atom stereocenters. The zero-order valence-corrected chi connectivity index (χ0v) is 17.0. The van der Waals surface area contributed by atoms with Gasteiger partial charge in [-0.3, -0.25) is 10.2 Å². The van der Waals surface area contributed by atoms with Crippen molar-refractivity contribution < 1.29 is 4.74 Å². The van der Waals surface area contributed by atoms with Crippen molar-refractivity contribution in [2.45, 2.75) is 57.2 Å². The zero-order chi connectivity index (χ0) is 19.5. The molecule has 28 heavy (non-hydrogen) atoms. The van der Waals surface area contributed by atoms with E-state index in [1.807, 2.05) is 19.2 Å². The van der Waals surface area contributed by atoms with E-state index < -0.39 is 0 Å². The van der Waals surface area contributed by atoms with Crippen molar-refractivity contribution in [1.82, 2.24) is 19.9 Å². The molecule has 0 aromatic carbocycles. The Labute approximate surface area is 169 Å². The smallest absolute Gasteiger partial charge is 0.234 e. The maximum Gasteiger partial charge on any atom is 0.234 e. The van der Waals surface area contributed by atoms with Crippen LogP contribution in [0.25, 0.3) is 0 Å². The minimum absolute atomic E-state index is 0.366. The Hall–Kier alpha value is -2.44. The Morgan fingerprint density at radius 3 is 2.75 bits per heavy atom. The topological polar surface area (TPSA) is 99.0 Å². The van der Waals surface area contributed by atoms with Crippen molar-refractivity contribution in [1.29, 1.82) is 5.26 Å². The molecule has 0 amide bonds. The van der Waals surface area contributed by atoms with Gasteiger partial charge in [-0.05, 0) is 32.6 Å². The molecule has 2 bridgehead atoms. The second kappa shape index (κ2) is 8.29. The van der Waals surface area contributed by atoms with Crippen LogP contribution in [0.5, 0.6) is 5.88 Å². The number of hydrogen-bond acceptors (Lipinski definition) is 9. The molecule has 2 saturated heterocycles. The molecule has 1 unspecified atom stereocenters. The highest BCUT2D eigenvalue weighted by atomic mass is 32.1. The molecule has 0 saturated carbocycles. The second-order valence-corrected chi connectivity index (χ2v) is 8.60. The van der Waals surface area contributed by atoms with Crippen LogP contribution in [-0.4, -0.2) is 51.6 Å². The lowest BCUT2D eigenvalue weighted by Crippen LogP contribution is -2.47. The summed E-state index contributed by atoms with van der Waals surface area (Å²) in [7, 11) is 1.61. The predicted molar refractivity (Wildman–Crippen MR) is 109 cm³/mol. The van der Waals surface area contributed by atoms with E-state index in [9.17, 15) is 0 Å².